The maximum atomic E-state index is 7.53. The number of nitrogens with zero attached hydrogens (tertiary/aromatic N) is 1. The van der Waals surface area contributed by atoms with Gasteiger partial charge in [-0.15, -0.1) is 0 Å². The quantitative estimate of drug-likeness (QED) is 0.493. The van der Waals surface area contributed by atoms with Crippen molar-refractivity contribution in [3.8, 4) is 0 Å². The van der Waals surface area contributed by atoms with Crippen LogP contribution in [0.4, 0.5) is 0 Å². The summed E-state index contributed by atoms with van der Waals surface area (Å²) in [4.78, 5) is 4.36. The van der Waals surface area contributed by atoms with Gasteiger partial charge >= 0.3 is 0 Å². The first kappa shape index (κ1) is 14.1. The highest BCUT2D eigenvalue weighted by atomic mass is 79.9. The molecule has 1 unspecified atom stereocenters. The molecule has 0 aliphatic carbocycles. The van der Waals surface area contributed by atoms with Gasteiger partial charge in [0.2, 0.25) is 0 Å². The lowest BCUT2D eigenvalue weighted by Crippen LogP contribution is -2.13. The van der Waals surface area contributed by atoms with Crippen LogP contribution in [0.1, 0.15) is 17.2 Å². The summed E-state index contributed by atoms with van der Waals surface area (Å²) in [5, 5.41) is 8.54. The molecule has 1 aromatic carbocycles. The molecule has 0 bridgehead atoms. The summed E-state index contributed by atoms with van der Waals surface area (Å²) >= 11 is 5.11. The van der Waals surface area contributed by atoms with Gasteiger partial charge in [0, 0.05) is 22.3 Å². The van der Waals surface area contributed by atoms with Gasteiger partial charge in [-0.2, -0.15) is 0 Å². The average molecular weight is 336 g/mol. The molecular formula is C14H14BrN3S. The first-order chi connectivity index (χ1) is 9.16. The molecule has 3 nitrogen and oxygen atoms in total. The number of pyridine rings is 1. The Bertz CT molecular complexity index is 560. The lowest BCUT2D eigenvalue weighted by molar-refractivity contribution is 0.972. The summed E-state index contributed by atoms with van der Waals surface area (Å²) in [5.74, 6) is 0.188. The lowest BCUT2D eigenvalue weighted by Gasteiger charge is -2.16. The zero-order valence-electron chi connectivity index (χ0n) is 10.2. The molecule has 0 fully saturated rings. The van der Waals surface area contributed by atoms with Gasteiger partial charge < -0.3 is 5.73 Å². The van der Waals surface area contributed by atoms with E-state index in [1.807, 2.05) is 30.3 Å². The normalized spacial score (nSPS) is 12.1. The van der Waals surface area contributed by atoms with Crippen molar-refractivity contribution < 1.29 is 0 Å². The molecule has 0 aliphatic rings. The second kappa shape index (κ2) is 6.73. The van der Waals surface area contributed by atoms with E-state index in [0.717, 1.165) is 15.1 Å². The van der Waals surface area contributed by atoms with Crippen LogP contribution in [0, 0.1) is 5.41 Å². The van der Waals surface area contributed by atoms with Gasteiger partial charge in [0.15, 0.2) is 0 Å². The molecule has 0 aliphatic heterocycles. The van der Waals surface area contributed by atoms with Crippen molar-refractivity contribution in [1.29, 1.82) is 5.41 Å². The third-order valence-corrected chi connectivity index (χ3v) is 4.73. The Morgan fingerprint density at radius 2 is 2.00 bits per heavy atom. The second-order valence-corrected chi connectivity index (χ2v) is 6.08. The number of benzene rings is 1. The van der Waals surface area contributed by atoms with Crippen molar-refractivity contribution in [2.75, 3.05) is 0 Å². The highest BCUT2D eigenvalue weighted by Crippen LogP contribution is 2.39. The van der Waals surface area contributed by atoms with Crippen LogP contribution in [0.15, 0.2) is 58.2 Å². The summed E-state index contributed by atoms with van der Waals surface area (Å²) in [6, 6.07) is 13.9. The minimum atomic E-state index is 0.102. The summed E-state index contributed by atoms with van der Waals surface area (Å²) in [5.41, 5.74) is 6.71. The lowest BCUT2D eigenvalue weighted by atomic mass is 10.1. The number of nitrogens with two attached hydrogens (primary N) is 1. The maximum absolute atomic E-state index is 7.53. The number of rotatable bonds is 5. The third-order valence-electron chi connectivity index (χ3n) is 2.56. The van der Waals surface area contributed by atoms with Gasteiger partial charge in [-0.1, -0.05) is 42.1 Å². The number of amidine groups is 1. The van der Waals surface area contributed by atoms with Crippen LogP contribution in [0.25, 0.3) is 0 Å². The monoisotopic (exact) mass is 335 g/mol. The average Bonchev–Trinajstić information content (AvgIpc) is 2.41. The second-order valence-electron chi connectivity index (χ2n) is 4.04. The smallest absolute Gasteiger partial charge is 0.111 e. The van der Waals surface area contributed by atoms with Crippen LogP contribution in [0.2, 0.25) is 0 Å². The molecule has 5 heteroatoms. The van der Waals surface area contributed by atoms with Gasteiger partial charge in [0.25, 0.3) is 0 Å². The van der Waals surface area contributed by atoms with Crippen LogP contribution in [0.3, 0.4) is 0 Å². The topological polar surface area (TPSA) is 62.8 Å². The van der Waals surface area contributed by atoms with Gasteiger partial charge in [-0.3, -0.25) is 5.41 Å². The van der Waals surface area contributed by atoms with E-state index in [1.54, 1.807) is 18.0 Å². The van der Waals surface area contributed by atoms with Gasteiger partial charge in [-0.05, 0) is 33.6 Å². The van der Waals surface area contributed by atoms with E-state index in [1.165, 1.54) is 0 Å². The molecule has 2 rings (SSSR count). The molecule has 1 aromatic heterocycles. The van der Waals surface area contributed by atoms with Gasteiger partial charge in [-0.25, -0.2) is 4.98 Å². The highest BCUT2D eigenvalue weighted by molar-refractivity contribution is 9.10. The van der Waals surface area contributed by atoms with E-state index < -0.39 is 0 Å². The Labute approximate surface area is 125 Å². The number of halogens is 1. The third kappa shape index (κ3) is 4.08. The van der Waals surface area contributed by atoms with Crippen LogP contribution in [-0.4, -0.2) is 10.8 Å². The number of aromatic nitrogens is 1. The van der Waals surface area contributed by atoms with Crippen molar-refractivity contribution in [3.05, 3.63) is 58.7 Å². The fourth-order valence-electron chi connectivity index (χ4n) is 1.69. The Morgan fingerprint density at radius 1 is 1.26 bits per heavy atom. The zero-order valence-corrected chi connectivity index (χ0v) is 12.6. The molecule has 0 amide bonds. The zero-order chi connectivity index (χ0) is 13.7. The van der Waals surface area contributed by atoms with E-state index in [4.69, 9.17) is 11.1 Å². The molecule has 0 radical (unpaired) electrons. The molecule has 1 atom stereocenters. The highest BCUT2D eigenvalue weighted by Gasteiger charge is 2.16. The molecule has 19 heavy (non-hydrogen) atoms. The van der Waals surface area contributed by atoms with Crippen molar-refractivity contribution in [2.45, 2.75) is 16.7 Å². The molecule has 0 spiro atoms. The van der Waals surface area contributed by atoms with Crippen molar-refractivity contribution in [2.24, 2.45) is 5.73 Å². The molecule has 2 aromatic rings. The Kier molecular flexibility index (Phi) is 4.99. The Hall–Kier alpha value is -1.33. The molecule has 0 saturated carbocycles. The molecule has 98 valence electrons. The Balaban J connectivity index is 2.24. The first-order valence-corrected chi connectivity index (χ1v) is 7.49. The van der Waals surface area contributed by atoms with E-state index >= 15 is 0 Å². The summed E-state index contributed by atoms with van der Waals surface area (Å²) in [7, 11) is 0. The van der Waals surface area contributed by atoms with E-state index in [2.05, 4.69) is 33.0 Å². The SMILES string of the molecule is N=C(N)CC(Sc1ncccc1Br)c1ccccc1. The summed E-state index contributed by atoms with van der Waals surface area (Å²) < 4.78 is 0.962. The minimum absolute atomic E-state index is 0.102. The predicted octanol–water partition coefficient (Wildman–Crippen LogP) is 4.00. The number of thioether (sulfide) groups is 1. The first-order valence-electron chi connectivity index (χ1n) is 5.82. The fourth-order valence-corrected chi connectivity index (χ4v) is 3.35. The fraction of sp³-hybridized carbons (Fsp3) is 0.143. The van der Waals surface area contributed by atoms with E-state index in [9.17, 15) is 0 Å². The van der Waals surface area contributed by atoms with Gasteiger partial charge in [0.05, 0.1) is 5.84 Å². The van der Waals surface area contributed by atoms with Crippen molar-refractivity contribution in [1.82, 2.24) is 4.98 Å². The van der Waals surface area contributed by atoms with Gasteiger partial charge in [0.1, 0.15) is 5.03 Å². The van der Waals surface area contributed by atoms with Crippen LogP contribution >= 0.6 is 27.7 Å². The van der Waals surface area contributed by atoms with E-state index in [-0.39, 0.29) is 11.1 Å². The van der Waals surface area contributed by atoms with Crippen LogP contribution in [-0.2, 0) is 0 Å². The molecular weight excluding hydrogens is 322 g/mol. The molecule has 1 heterocycles. The molecule has 3 N–H and O–H groups in total. The predicted molar refractivity (Wildman–Crippen MR) is 83.5 cm³/mol. The standard InChI is InChI=1S/C14H14BrN3S/c15-11-7-4-8-18-14(11)19-12(9-13(16)17)10-5-2-1-3-6-10/h1-8,12H,9H2,(H3,16,17). The maximum Gasteiger partial charge on any atom is 0.111 e. The van der Waals surface area contributed by atoms with Crippen molar-refractivity contribution >= 4 is 33.5 Å². The van der Waals surface area contributed by atoms with Crippen LogP contribution < -0.4 is 5.73 Å². The van der Waals surface area contributed by atoms with Crippen LogP contribution in [0.5, 0.6) is 0 Å². The van der Waals surface area contributed by atoms with Crippen molar-refractivity contribution in [3.63, 3.8) is 0 Å². The minimum Gasteiger partial charge on any atom is -0.388 e. The number of hydrogen-bond donors (Lipinski definition) is 2. The Morgan fingerprint density at radius 3 is 2.63 bits per heavy atom. The molecule has 0 saturated heterocycles. The number of hydrogen-bond acceptors (Lipinski definition) is 3. The largest absolute Gasteiger partial charge is 0.388 e. The summed E-state index contributed by atoms with van der Waals surface area (Å²) in [6.07, 6.45) is 2.28. The number of nitrogens with one attached hydrogen (secondary N) is 1. The van der Waals surface area contributed by atoms with E-state index in [0.29, 0.717) is 6.42 Å². The summed E-state index contributed by atoms with van der Waals surface area (Å²) in [6.45, 7) is 0.